The van der Waals surface area contributed by atoms with Crippen molar-refractivity contribution in [3.63, 3.8) is 0 Å². The van der Waals surface area contributed by atoms with E-state index in [1.807, 2.05) is 0 Å². The Labute approximate surface area is 60.9 Å². The molecule has 0 amide bonds. The third-order valence-electron chi connectivity index (χ3n) is 1.84. The van der Waals surface area contributed by atoms with Gasteiger partial charge in [0, 0.05) is 13.1 Å². The number of nitrogens with zero attached hydrogens (tertiary/aromatic N) is 2. The van der Waals surface area contributed by atoms with Gasteiger partial charge in [0.05, 0.1) is 6.10 Å². The summed E-state index contributed by atoms with van der Waals surface area (Å²) in [6.07, 6.45) is 4.43. The van der Waals surface area contributed by atoms with Crippen LogP contribution in [0, 0.1) is 11.5 Å². The number of likely N-dealkylation sites (tertiary alicyclic amines) is 1. The van der Waals surface area contributed by atoms with Crippen LogP contribution >= 0.6 is 0 Å². The van der Waals surface area contributed by atoms with Crippen molar-refractivity contribution in [1.29, 1.82) is 5.26 Å². The van der Waals surface area contributed by atoms with Gasteiger partial charge in [0.2, 0.25) is 0 Å². The van der Waals surface area contributed by atoms with Crippen molar-refractivity contribution in [2.45, 2.75) is 25.4 Å². The second kappa shape index (κ2) is 3.43. The lowest BCUT2D eigenvalue weighted by Crippen LogP contribution is -2.18. The zero-order valence-corrected chi connectivity index (χ0v) is 5.95. The Balaban J connectivity index is 2.35. The van der Waals surface area contributed by atoms with Crippen LogP contribution in [0.1, 0.15) is 19.3 Å². The quantitative estimate of drug-likeness (QED) is 0.493. The maximum atomic E-state index is 9.17. The second-order valence-corrected chi connectivity index (χ2v) is 2.67. The van der Waals surface area contributed by atoms with Crippen LogP contribution in [-0.2, 0) is 0 Å². The molecule has 0 aliphatic carbocycles. The minimum atomic E-state index is -0.182. The molecule has 0 radical (unpaired) electrons. The fourth-order valence-electron chi connectivity index (χ4n) is 1.18. The van der Waals surface area contributed by atoms with Gasteiger partial charge in [0.25, 0.3) is 0 Å². The van der Waals surface area contributed by atoms with E-state index in [9.17, 15) is 0 Å². The molecule has 56 valence electrons. The molecule has 0 spiro atoms. The fourth-order valence-corrected chi connectivity index (χ4v) is 1.18. The zero-order chi connectivity index (χ0) is 7.40. The average Bonchev–Trinajstić information content (AvgIpc) is 2.14. The Morgan fingerprint density at radius 2 is 2.20 bits per heavy atom. The summed E-state index contributed by atoms with van der Waals surface area (Å²) in [6, 6.07) is 0. The lowest BCUT2D eigenvalue weighted by atomic mass is 10.2. The molecule has 1 rings (SSSR count). The van der Waals surface area contributed by atoms with Gasteiger partial charge in [0.1, 0.15) is 0 Å². The molecule has 0 aromatic rings. The first-order chi connectivity index (χ1) is 4.83. The highest BCUT2D eigenvalue weighted by Gasteiger charge is 2.12. The van der Waals surface area contributed by atoms with Crippen LogP contribution in [0.3, 0.4) is 0 Å². The van der Waals surface area contributed by atoms with E-state index < -0.39 is 0 Å². The van der Waals surface area contributed by atoms with Crippen molar-refractivity contribution >= 4 is 0 Å². The highest BCUT2D eigenvalue weighted by Crippen LogP contribution is 2.08. The molecular weight excluding hydrogens is 128 g/mol. The summed E-state index contributed by atoms with van der Waals surface area (Å²) in [4.78, 5) is 1.70. The van der Waals surface area contributed by atoms with Gasteiger partial charge in [0.15, 0.2) is 6.19 Å². The van der Waals surface area contributed by atoms with E-state index in [2.05, 4.69) is 6.19 Å². The van der Waals surface area contributed by atoms with Crippen molar-refractivity contribution in [3.05, 3.63) is 0 Å². The molecule has 1 aliphatic heterocycles. The lowest BCUT2D eigenvalue weighted by Gasteiger charge is -2.09. The third kappa shape index (κ3) is 1.89. The van der Waals surface area contributed by atoms with Gasteiger partial charge in [-0.3, -0.25) is 0 Å². The molecule has 1 fully saturated rings. The molecule has 1 atom stereocenters. The van der Waals surface area contributed by atoms with Crippen LogP contribution in [0.15, 0.2) is 0 Å². The number of aliphatic hydroxyl groups is 1. The topological polar surface area (TPSA) is 47.3 Å². The number of rotatable bonds is 0. The second-order valence-electron chi connectivity index (χ2n) is 2.67. The SMILES string of the molecule is N#CN1CCCC(O)CC1. The Bertz CT molecular complexity index is 141. The van der Waals surface area contributed by atoms with E-state index >= 15 is 0 Å². The molecule has 0 aromatic carbocycles. The van der Waals surface area contributed by atoms with Crippen molar-refractivity contribution in [2.24, 2.45) is 0 Å². The van der Waals surface area contributed by atoms with Gasteiger partial charge in [-0.2, -0.15) is 5.26 Å². The smallest absolute Gasteiger partial charge is 0.179 e. The highest BCUT2D eigenvalue weighted by atomic mass is 16.3. The average molecular weight is 140 g/mol. The van der Waals surface area contributed by atoms with Crippen LogP contribution in [0.5, 0.6) is 0 Å². The molecule has 0 aromatic heterocycles. The van der Waals surface area contributed by atoms with E-state index in [0.29, 0.717) is 0 Å². The molecular formula is C7H12N2O. The van der Waals surface area contributed by atoms with E-state index in [-0.39, 0.29) is 6.10 Å². The molecule has 3 nitrogen and oxygen atoms in total. The third-order valence-corrected chi connectivity index (χ3v) is 1.84. The van der Waals surface area contributed by atoms with E-state index in [4.69, 9.17) is 10.4 Å². The van der Waals surface area contributed by atoms with Gasteiger partial charge in [-0.15, -0.1) is 0 Å². The number of hydrogen-bond acceptors (Lipinski definition) is 3. The molecule has 1 N–H and O–H groups in total. The summed E-state index contributed by atoms with van der Waals surface area (Å²) in [7, 11) is 0. The predicted molar refractivity (Wildman–Crippen MR) is 37.0 cm³/mol. The standard InChI is InChI=1S/C7H12N2O/c8-6-9-4-1-2-7(10)3-5-9/h7,10H,1-5H2. The Hall–Kier alpha value is -0.750. The summed E-state index contributed by atoms with van der Waals surface area (Å²) < 4.78 is 0. The molecule has 0 saturated carbocycles. The molecule has 1 unspecified atom stereocenters. The number of nitriles is 1. The molecule has 10 heavy (non-hydrogen) atoms. The van der Waals surface area contributed by atoms with Crippen molar-refractivity contribution in [1.82, 2.24) is 4.90 Å². The van der Waals surface area contributed by atoms with Crippen LogP contribution in [0.4, 0.5) is 0 Å². The minimum absolute atomic E-state index is 0.182. The van der Waals surface area contributed by atoms with E-state index in [1.165, 1.54) is 0 Å². The zero-order valence-electron chi connectivity index (χ0n) is 5.95. The maximum absolute atomic E-state index is 9.17. The molecule has 1 saturated heterocycles. The Morgan fingerprint density at radius 3 is 2.90 bits per heavy atom. The van der Waals surface area contributed by atoms with Crippen LogP contribution in [0.2, 0.25) is 0 Å². The first-order valence-corrected chi connectivity index (χ1v) is 3.65. The van der Waals surface area contributed by atoms with Gasteiger partial charge in [-0.1, -0.05) is 0 Å². The van der Waals surface area contributed by atoms with Gasteiger partial charge < -0.3 is 10.0 Å². The van der Waals surface area contributed by atoms with Crippen LogP contribution in [0.25, 0.3) is 0 Å². The summed E-state index contributed by atoms with van der Waals surface area (Å²) in [5, 5.41) is 17.7. The monoisotopic (exact) mass is 140 g/mol. The Kier molecular flexibility index (Phi) is 2.52. The maximum Gasteiger partial charge on any atom is 0.179 e. The van der Waals surface area contributed by atoms with Gasteiger partial charge >= 0.3 is 0 Å². The molecule has 1 aliphatic rings. The lowest BCUT2D eigenvalue weighted by molar-refractivity contribution is 0.158. The first-order valence-electron chi connectivity index (χ1n) is 3.65. The highest BCUT2D eigenvalue weighted by molar-refractivity contribution is 4.77. The minimum Gasteiger partial charge on any atom is -0.393 e. The van der Waals surface area contributed by atoms with Crippen molar-refractivity contribution < 1.29 is 5.11 Å². The summed E-state index contributed by atoms with van der Waals surface area (Å²) in [6.45, 7) is 1.53. The van der Waals surface area contributed by atoms with Crippen molar-refractivity contribution in [2.75, 3.05) is 13.1 Å². The molecule has 3 heteroatoms. The van der Waals surface area contributed by atoms with Gasteiger partial charge in [-0.05, 0) is 19.3 Å². The van der Waals surface area contributed by atoms with Crippen LogP contribution < -0.4 is 0 Å². The summed E-state index contributed by atoms with van der Waals surface area (Å²) in [5.74, 6) is 0. The van der Waals surface area contributed by atoms with E-state index in [0.717, 1.165) is 32.4 Å². The molecule has 1 heterocycles. The van der Waals surface area contributed by atoms with Gasteiger partial charge in [-0.25, -0.2) is 0 Å². The van der Waals surface area contributed by atoms with E-state index in [1.54, 1.807) is 4.90 Å². The Morgan fingerprint density at radius 1 is 1.40 bits per heavy atom. The van der Waals surface area contributed by atoms with Crippen molar-refractivity contribution in [3.8, 4) is 6.19 Å². The van der Waals surface area contributed by atoms with Crippen LogP contribution in [-0.4, -0.2) is 29.2 Å². The molecule has 0 bridgehead atoms. The largest absolute Gasteiger partial charge is 0.393 e. The number of hydrogen-bond donors (Lipinski definition) is 1. The predicted octanol–water partition coefficient (Wildman–Crippen LogP) is 0.314. The summed E-state index contributed by atoms with van der Waals surface area (Å²) >= 11 is 0. The normalized spacial score (nSPS) is 27.2. The summed E-state index contributed by atoms with van der Waals surface area (Å²) in [5.41, 5.74) is 0. The fraction of sp³-hybridized carbons (Fsp3) is 0.857. The first kappa shape index (κ1) is 7.36. The number of aliphatic hydroxyl groups excluding tert-OH is 1.